The molecule has 3 aromatic carbocycles. The van der Waals surface area contributed by atoms with Crippen LogP contribution in [0.15, 0.2) is 78.9 Å². The lowest BCUT2D eigenvalue weighted by molar-refractivity contribution is -0.122. The summed E-state index contributed by atoms with van der Waals surface area (Å²) >= 11 is 0. The molecule has 1 fully saturated rings. The summed E-state index contributed by atoms with van der Waals surface area (Å²) in [4.78, 5) is 62.1. The van der Waals surface area contributed by atoms with E-state index in [0.717, 1.165) is 119 Å². The molecule has 16 nitrogen and oxygen atoms in total. The Bertz CT molecular complexity index is 2920. The van der Waals surface area contributed by atoms with Crippen LogP contribution < -0.4 is 30.9 Å². The smallest absolute Gasteiger partial charge is 0.410 e. The summed E-state index contributed by atoms with van der Waals surface area (Å²) < 4.78 is 33.8. The van der Waals surface area contributed by atoms with Crippen molar-refractivity contribution in [3.8, 4) is 28.5 Å². The number of carbonyl (C=O) groups excluding carboxylic acids is 3. The van der Waals surface area contributed by atoms with E-state index < -0.39 is 13.5 Å². The van der Waals surface area contributed by atoms with Crippen LogP contribution in [0.1, 0.15) is 80.2 Å². The summed E-state index contributed by atoms with van der Waals surface area (Å²) in [5.41, 5.74) is 10.4. The lowest BCUT2D eigenvalue weighted by Crippen LogP contribution is -2.44. The standard InChI is InChI=1S/C53H67BF2N12O4/c1-35-31-37(3)68(54(55)56)48(35)33-41-14-13-40(61-41)15-21-50(70)58-24-7-5-6-9-49(69)59-25-8-23-57-26-22-36(2)60-53(71)72-43-17-10-38(11-18-43)51-62-44-19-12-39(32-46(44)64-51)52-63-45-20-16-42(34-47(45)65-52)67-29-27-66(4)28-30-67/h10-14,16-20,31-32,34,36,57,61H,5-9,15,21-30,33H2,1-4H3,(H,58,70)(H,59,69)(H,60,71)(H,62,64)(H,63,65). The van der Waals surface area contributed by atoms with Crippen molar-refractivity contribution in [2.45, 2.75) is 84.6 Å². The van der Waals surface area contributed by atoms with E-state index in [4.69, 9.17) is 14.7 Å². The van der Waals surface area contributed by atoms with Crippen LogP contribution in [0.3, 0.4) is 0 Å². The van der Waals surface area contributed by atoms with Crippen LogP contribution in [0.25, 0.3) is 44.8 Å². The fraction of sp³-hybridized carbons (Fsp3) is 0.415. The molecule has 1 atom stereocenters. The number of carbonyl (C=O) groups is 3. The predicted molar refractivity (Wildman–Crippen MR) is 281 cm³/mol. The zero-order valence-electron chi connectivity index (χ0n) is 41.8. The van der Waals surface area contributed by atoms with Crippen LogP contribution in [0, 0.1) is 13.8 Å². The Hall–Kier alpha value is -6.99. The molecule has 5 heterocycles. The number of aromatic nitrogens is 6. The molecular formula is C53H67BF2N12O4. The number of ether oxygens (including phenoxy) is 1. The van der Waals surface area contributed by atoms with Crippen molar-refractivity contribution in [1.29, 1.82) is 0 Å². The Balaban J connectivity index is 0.644. The fourth-order valence-electron chi connectivity index (χ4n) is 9.19. The number of imidazole rings is 2. The summed E-state index contributed by atoms with van der Waals surface area (Å²) in [6.45, 7) is 12.1. The van der Waals surface area contributed by atoms with Crippen molar-refractivity contribution in [2.24, 2.45) is 0 Å². The monoisotopic (exact) mass is 985 g/mol. The number of amides is 3. The quantitative estimate of drug-likeness (QED) is 0.0233. The first kappa shape index (κ1) is 51.4. The number of H-pyrrole nitrogens is 3. The van der Waals surface area contributed by atoms with E-state index in [-0.39, 0.29) is 17.9 Å². The number of unbranched alkanes of at least 4 members (excludes halogenated alkanes) is 2. The zero-order chi connectivity index (χ0) is 50.6. The number of benzene rings is 3. The maximum absolute atomic E-state index is 13.6. The van der Waals surface area contributed by atoms with Crippen molar-refractivity contribution in [3.05, 3.63) is 107 Å². The van der Waals surface area contributed by atoms with Gasteiger partial charge in [-0.2, -0.15) is 0 Å². The van der Waals surface area contributed by atoms with Gasteiger partial charge in [0.1, 0.15) is 17.4 Å². The number of anilines is 1. The van der Waals surface area contributed by atoms with Crippen molar-refractivity contribution in [2.75, 3.05) is 64.3 Å². The van der Waals surface area contributed by atoms with Crippen LogP contribution >= 0.6 is 0 Å². The second-order valence-corrected chi connectivity index (χ2v) is 19.0. The minimum atomic E-state index is -2.59. The SMILES string of the molecule is Cc1cc(C)n(B(F)F)c1Cc1ccc(CCC(=O)NCCCCCC(=O)NCCCNCCC(C)NC(=O)Oc2ccc(-c3nc4ccc(-c5nc6ccc(N7CCN(C)CC7)cc6[nH]5)cc4[nH]3)cc2)[nH]1. The van der Waals surface area contributed by atoms with E-state index in [9.17, 15) is 23.0 Å². The predicted octanol–water partition coefficient (Wildman–Crippen LogP) is 7.91. The molecule has 7 aromatic rings. The Morgan fingerprint density at radius 1 is 0.722 bits per heavy atom. The number of nitrogens with zero attached hydrogens (tertiary/aromatic N) is 5. The average molecular weight is 985 g/mol. The molecule has 3 amide bonds. The Morgan fingerprint density at radius 2 is 1.39 bits per heavy atom. The molecule has 8 rings (SSSR count). The summed E-state index contributed by atoms with van der Waals surface area (Å²) in [5.74, 6) is 1.91. The molecule has 0 bridgehead atoms. The first-order valence-electron chi connectivity index (χ1n) is 25.2. The van der Waals surface area contributed by atoms with Crippen molar-refractivity contribution in [3.63, 3.8) is 0 Å². The van der Waals surface area contributed by atoms with Gasteiger partial charge < -0.3 is 55.2 Å². The van der Waals surface area contributed by atoms with Crippen molar-refractivity contribution < 1.29 is 27.8 Å². The van der Waals surface area contributed by atoms with Gasteiger partial charge >= 0.3 is 13.5 Å². The highest BCUT2D eigenvalue weighted by Crippen LogP contribution is 2.29. The number of hydrogen-bond donors (Lipinski definition) is 7. The molecule has 1 aliphatic heterocycles. The fourth-order valence-corrected chi connectivity index (χ4v) is 9.19. The zero-order valence-corrected chi connectivity index (χ0v) is 41.8. The molecule has 0 spiro atoms. The number of likely N-dealkylation sites (N-methyl/N-ethyl adjacent to an activating group) is 1. The highest BCUT2D eigenvalue weighted by Gasteiger charge is 2.24. The van der Waals surface area contributed by atoms with Crippen LogP contribution in [0.5, 0.6) is 5.75 Å². The number of fused-ring (bicyclic) bond motifs is 2. The van der Waals surface area contributed by atoms with E-state index in [1.165, 1.54) is 5.69 Å². The third-order valence-corrected chi connectivity index (χ3v) is 13.3. The summed E-state index contributed by atoms with van der Waals surface area (Å²) in [6, 6.07) is 25.2. The number of nitrogens with one attached hydrogen (secondary N) is 7. The minimum absolute atomic E-state index is 0.0156. The number of halogens is 2. The number of rotatable bonds is 24. The number of aryl methyl sites for hydroxylation is 3. The van der Waals surface area contributed by atoms with E-state index >= 15 is 0 Å². The van der Waals surface area contributed by atoms with Gasteiger partial charge in [0.25, 0.3) is 0 Å². The third kappa shape index (κ3) is 13.9. The molecule has 0 aliphatic carbocycles. The van der Waals surface area contributed by atoms with Crippen LogP contribution in [-0.2, 0) is 22.4 Å². The molecule has 72 heavy (non-hydrogen) atoms. The van der Waals surface area contributed by atoms with Crippen molar-refractivity contribution in [1.82, 2.24) is 55.6 Å². The van der Waals surface area contributed by atoms with Gasteiger partial charge in [-0.3, -0.25) is 18.2 Å². The Labute approximate surface area is 419 Å². The largest absolute Gasteiger partial charge is 0.677 e. The number of aromatic amines is 3. The van der Waals surface area contributed by atoms with Gasteiger partial charge in [0.15, 0.2) is 0 Å². The second-order valence-electron chi connectivity index (χ2n) is 19.0. The van der Waals surface area contributed by atoms with Gasteiger partial charge in [-0.1, -0.05) is 6.42 Å². The first-order valence-corrected chi connectivity index (χ1v) is 25.2. The lowest BCUT2D eigenvalue weighted by Gasteiger charge is -2.34. The summed E-state index contributed by atoms with van der Waals surface area (Å²) in [7, 11) is -0.427. The molecule has 1 aliphatic rings. The summed E-state index contributed by atoms with van der Waals surface area (Å²) in [5, 5.41) is 12.2. The van der Waals surface area contributed by atoms with Gasteiger partial charge in [0.2, 0.25) is 11.8 Å². The molecule has 4 aromatic heterocycles. The lowest BCUT2D eigenvalue weighted by atomic mass is 10.1. The van der Waals surface area contributed by atoms with Gasteiger partial charge in [-0.25, -0.2) is 14.8 Å². The van der Waals surface area contributed by atoms with Gasteiger partial charge in [-0.15, -0.1) is 0 Å². The van der Waals surface area contributed by atoms with E-state index in [1.807, 2.05) is 50.2 Å². The highest BCUT2D eigenvalue weighted by molar-refractivity contribution is 6.41. The normalized spacial score (nSPS) is 13.4. The topological polar surface area (TPSA) is 193 Å². The van der Waals surface area contributed by atoms with Crippen molar-refractivity contribution >= 4 is 53.1 Å². The molecule has 1 unspecified atom stereocenters. The van der Waals surface area contributed by atoms with Crippen LogP contribution in [0.4, 0.5) is 19.1 Å². The maximum Gasteiger partial charge on any atom is 0.677 e. The van der Waals surface area contributed by atoms with Gasteiger partial charge in [-0.05, 0) is 157 Å². The van der Waals surface area contributed by atoms with E-state index in [0.29, 0.717) is 74.7 Å². The number of hydrogen-bond acceptors (Lipinski definition) is 9. The van der Waals surface area contributed by atoms with Crippen LogP contribution in [0.2, 0.25) is 0 Å². The molecule has 19 heteroatoms. The average Bonchev–Trinajstić information content (AvgIpc) is 4.17. The van der Waals surface area contributed by atoms with Crippen LogP contribution in [-0.4, -0.2) is 125 Å². The Morgan fingerprint density at radius 3 is 2.14 bits per heavy atom. The molecule has 0 radical (unpaired) electrons. The molecular weight excluding hydrogens is 917 g/mol. The molecule has 1 saturated heterocycles. The minimum Gasteiger partial charge on any atom is -0.410 e. The highest BCUT2D eigenvalue weighted by atomic mass is 19.2. The first-order chi connectivity index (χ1) is 34.8. The maximum atomic E-state index is 13.6. The van der Waals surface area contributed by atoms with Gasteiger partial charge in [0, 0.05) is 104 Å². The molecule has 0 saturated carbocycles. The molecule has 380 valence electrons. The van der Waals surface area contributed by atoms with E-state index in [2.05, 4.69) is 77.3 Å². The Kier molecular flexibility index (Phi) is 17.4. The third-order valence-electron chi connectivity index (χ3n) is 13.3. The van der Waals surface area contributed by atoms with E-state index in [1.54, 1.807) is 25.1 Å². The second kappa shape index (κ2) is 24.4. The number of piperazine rings is 1. The molecule has 7 N–H and O–H groups in total. The van der Waals surface area contributed by atoms with Gasteiger partial charge in [0.05, 0.1) is 22.1 Å². The summed E-state index contributed by atoms with van der Waals surface area (Å²) in [6.07, 6.45) is 4.98.